The van der Waals surface area contributed by atoms with Crippen LogP contribution in [0.1, 0.15) is 20.8 Å². The van der Waals surface area contributed by atoms with Gasteiger partial charge in [-0.25, -0.2) is 4.39 Å². The Morgan fingerprint density at radius 3 is 2.80 bits per heavy atom. The van der Waals surface area contributed by atoms with Crippen LogP contribution in [-0.4, -0.2) is 12.5 Å². The van der Waals surface area contributed by atoms with Gasteiger partial charge in [-0.05, 0) is 52.7 Å². The van der Waals surface area contributed by atoms with Crippen molar-refractivity contribution in [2.24, 2.45) is 5.73 Å². The number of amides is 1. The minimum Gasteiger partial charge on any atom is -0.366 e. The molecule has 2 aromatic rings. The summed E-state index contributed by atoms with van der Waals surface area (Å²) in [5.74, 6) is -0.879. The van der Waals surface area contributed by atoms with Gasteiger partial charge < -0.3 is 11.1 Å². The number of benzene rings is 1. The first-order valence-electron chi connectivity index (χ1n) is 6.09. The second-order valence-electron chi connectivity index (χ2n) is 4.30. The van der Waals surface area contributed by atoms with E-state index in [2.05, 4.69) is 27.3 Å². The number of rotatable bonds is 6. The van der Waals surface area contributed by atoms with Crippen molar-refractivity contribution >= 4 is 33.2 Å². The van der Waals surface area contributed by atoms with Crippen LogP contribution in [-0.2, 0) is 13.0 Å². The van der Waals surface area contributed by atoms with Crippen LogP contribution in [0, 0.1) is 5.82 Å². The smallest absolute Gasteiger partial charge is 0.248 e. The lowest BCUT2D eigenvalue weighted by Crippen LogP contribution is -2.18. The summed E-state index contributed by atoms with van der Waals surface area (Å²) in [6, 6.07) is 8.23. The van der Waals surface area contributed by atoms with E-state index in [9.17, 15) is 9.18 Å². The molecule has 0 spiro atoms. The quantitative estimate of drug-likeness (QED) is 0.781. The molecule has 2 rings (SSSR count). The van der Waals surface area contributed by atoms with Gasteiger partial charge in [0.25, 0.3) is 0 Å². The van der Waals surface area contributed by atoms with Crippen molar-refractivity contribution in [1.82, 2.24) is 5.32 Å². The van der Waals surface area contributed by atoms with Crippen LogP contribution < -0.4 is 11.1 Å². The normalized spacial score (nSPS) is 10.7. The highest BCUT2D eigenvalue weighted by Crippen LogP contribution is 2.22. The third-order valence-corrected chi connectivity index (χ3v) is 4.51. The summed E-state index contributed by atoms with van der Waals surface area (Å²) in [5.41, 5.74) is 5.96. The molecule has 1 aromatic carbocycles. The van der Waals surface area contributed by atoms with Crippen molar-refractivity contribution in [3.8, 4) is 0 Å². The first-order valence-corrected chi connectivity index (χ1v) is 7.70. The van der Waals surface area contributed by atoms with Gasteiger partial charge in [0.1, 0.15) is 5.82 Å². The summed E-state index contributed by atoms with van der Waals surface area (Å²) in [6.45, 7) is 1.12. The Hall–Kier alpha value is -1.24. The highest BCUT2D eigenvalue weighted by atomic mass is 79.9. The fourth-order valence-electron chi connectivity index (χ4n) is 1.78. The monoisotopic (exact) mass is 356 g/mol. The van der Waals surface area contributed by atoms with Gasteiger partial charge in [-0.1, -0.05) is 0 Å². The van der Waals surface area contributed by atoms with Crippen LogP contribution in [0.3, 0.4) is 0 Å². The van der Waals surface area contributed by atoms with Gasteiger partial charge in [-0.2, -0.15) is 0 Å². The lowest BCUT2D eigenvalue weighted by molar-refractivity contribution is 0.1000. The lowest BCUT2D eigenvalue weighted by atomic mass is 10.1. The number of carbonyl (C=O) groups is 1. The second kappa shape index (κ2) is 6.97. The topological polar surface area (TPSA) is 55.1 Å². The highest BCUT2D eigenvalue weighted by Gasteiger charge is 2.07. The minimum atomic E-state index is -0.547. The molecule has 1 amide bonds. The molecule has 0 aliphatic heterocycles. The van der Waals surface area contributed by atoms with Gasteiger partial charge in [0, 0.05) is 29.1 Å². The van der Waals surface area contributed by atoms with Crippen LogP contribution in [0.2, 0.25) is 0 Å². The van der Waals surface area contributed by atoms with Gasteiger partial charge in [-0.15, -0.1) is 11.3 Å². The van der Waals surface area contributed by atoms with Gasteiger partial charge in [0.05, 0.1) is 3.79 Å². The van der Waals surface area contributed by atoms with Crippen molar-refractivity contribution in [3.63, 3.8) is 0 Å². The number of primary amides is 1. The maximum atomic E-state index is 13.6. The maximum absolute atomic E-state index is 13.6. The number of nitrogens with one attached hydrogen (secondary N) is 1. The molecular formula is C14H14BrFN2OS. The molecule has 1 heterocycles. The number of nitrogens with two attached hydrogens (primary N) is 1. The van der Waals surface area contributed by atoms with Crippen LogP contribution in [0.15, 0.2) is 34.1 Å². The summed E-state index contributed by atoms with van der Waals surface area (Å²) < 4.78 is 14.7. The van der Waals surface area contributed by atoms with E-state index >= 15 is 0 Å². The van der Waals surface area contributed by atoms with E-state index in [1.54, 1.807) is 11.3 Å². The van der Waals surface area contributed by atoms with E-state index in [0.717, 1.165) is 16.8 Å². The molecule has 0 aliphatic rings. The van der Waals surface area contributed by atoms with Crippen molar-refractivity contribution in [1.29, 1.82) is 0 Å². The van der Waals surface area contributed by atoms with Crippen LogP contribution in [0.5, 0.6) is 0 Å². The molecule has 0 bridgehead atoms. The molecular weight excluding hydrogens is 343 g/mol. The Bertz CT molecular complexity index is 615. The Morgan fingerprint density at radius 1 is 1.35 bits per heavy atom. The van der Waals surface area contributed by atoms with E-state index in [1.165, 1.54) is 23.1 Å². The molecule has 0 saturated heterocycles. The molecule has 20 heavy (non-hydrogen) atoms. The van der Waals surface area contributed by atoms with E-state index < -0.39 is 5.91 Å². The first-order chi connectivity index (χ1) is 9.56. The van der Waals surface area contributed by atoms with Gasteiger partial charge >= 0.3 is 0 Å². The van der Waals surface area contributed by atoms with Gasteiger partial charge in [0.2, 0.25) is 5.91 Å². The van der Waals surface area contributed by atoms with E-state index in [4.69, 9.17) is 5.73 Å². The molecule has 106 valence electrons. The van der Waals surface area contributed by atoms with Crippen molar-refractivity contribution < 1.29 is 9.18 Å². The minimum absolute atomic E-state index is 0.324. The average Bonchev–Trinajstić information content (AvgIpc) is 2.82. The van der Waals surface area contributed by atoms with Crippen molar-refractivity contribution in [2.45, 2.75) is 13.0 Å². The number of halogens is 2. The predicted molar refractivity (Wildman–Crippen MR) is 82.3 cm³/mol. The average molecular weight is 357 g/mol. The molecule has 6 heteroatoms. The Morgan fingerprint density at radius 2 is 2.15 bits per heavy atom. The molecule has 3 N–H and O–H groups in total. The Kier molecular flexibility index (Phi) is 5.28. The number of hydrogen-bond acceptors (Lipinski definition) is 3. The fraction of sp³-hybridized carbons (Fsp3) is 0.214. The summed E-state index contributed by atoms with van der Waals surface area (Å²) in [6.07, 6.45) is 0.882. The van der Waals surface area contributed by atoms with Crippen molar-refractivity contribution in [2.75, 3.05) is 6.54 Å². The summed E-state index contributed by atoms with van der Waals surface area (Å²) in [4.78, 5) is 12.3. The molecule has 0 unspecified atom stereocenters. The molecule has 1 aromatic heterocycles. The Balaban J connectivity index is 1.87. The highest BCUT2D eigenvalue weighted by molar-refractivity contribution is 9.11. The van der Waals surface area contributed by atoms with Gasteiger partial charge in [-0.3, -0.25) is 4.79 Å². The molecule has 0 radical (unpaired) electrons. The fourth-order valence-corrected chi connectivity index (χ4v) is 3.27. The third kappa shape index (κ3) is 4.13. The standard InChI is InChI=1S/C14H14BrFN2OS/c15-13-4-2-11(20-13)5-6-18-8-10-7-9(14(17)19)1-3-12(10)16/h1-4,7,18H,5-6,8H2,(H2,17,19). The van der Waals surface area contributed by atoms with E-state index in [-0.39, 0.29) is 5.82 Å². The zero-order valence-electron chi connectivity index (χ0n) is 10.7. The molecule has 3 nitrogen and oxygen atoms in total. The maximum Gasteiger partial charge on any atom is 0.248 e. The lowest BCUT2D eigenvalue weighted by Gasteiger charge is -2.06. The van der Waals surface area contributed by atoms with E-state index in [1.807, 2.05) is 6.07 Å². The molecule has 0 fully saturated rings. The largest absolute Gasteiger partial charge is 0.366 e. The van der Waals surface area contributed by atoms with Crippen LogP contribution in [0.25, 0.3) is 0 Å². The Labute approximate surface area is 129 Å². The SMILES string of the molecule is NC(=O)c1ccc(F)c(CNCCc2ccc(Br)s2)c1. The van der Waals surface area contributed by atoms with Crippen molar-refractivity contribution in [3.05, 3.63) is 55.9 Å². The van der Waals surface area contributed by atoms with Crippen LogP contribution in [0.4, 0.5) is 4.39 Å². The summed E-state index contributed by atoms with van der Waals surface area (Å²) >= 11 is 5.10. The predicted octanol–water partition coefficient (Wildman–Crippen LogP) is 3.08. The van der Waals surface area contributed by atoms with Crippen LogP contribution >= 0.6 is 27.3 Å². The number of hydrogen-bond donors (Lipinski definition) is 2. The summed E-state index contributed by atoms with van der Waals surface area (Å²) in [5, 5.41) is 3.17. The van der Waals surface area contributed by atoms with Gasteiger partial charge in [0.15, 0.2) is 0 Å². The molecule has 0 aliphatic carbocycles. The first kappa shape index (κ1) is 15.2. The summed E-state index contributed by atoms with van der Waals surface area (Å²) in [7, 11) is 0. The van der Waals surface area contributed by atoms with E-state index in [0.29, 0.717) is 17.7 Å². The second-order valence-corrected chi connectivity index (χ2v) is 6.85. The number of carbonyl (C=O) groups excluding carboxylic acids is 1. The third-order valence-electron chi connectivity index (χ3n) is 2.82. The zero-order chi connectivity index (χ0) is 14.5. The molecule has 0 saturated carbocycles. The zero-order valence-corrected chi connectivity index (χ0v) is 13.1. The molecule has 0 atom stereocenters. The number of thiophene rings is 1.